The van der Waals surface area contributed by atoms with Crippen molar-refractivity contribution in [2.45, 2.75) is 6.92 Å². The number of carboxylic acid groups (broad SMARTS) is 1. The minimum atomic E-state index is -1.30. The van der Waals surface area contributed by atoms with Gasteiger partial charge in [0.25, 0.3) is 5.91 Å². The second-order valence-corrected chi connectivity index (χ2v) is 7.03. The topological polar surface area (TPSA) is 69.7 Å². The Morgan fingerprint density at radius 2 is 2.00 bits per heavy atom. The van der Waals surface area contributed by atoms with E-state index < -0.39 is 5.97 Å². The average molecular weight is 384 g/mol. The van der Waals surface area contributed by atoms with Crippen LogP contribution in [0, 0.1) is 0 Å². The van der Waals surface area contributed by atoms with Gasteiger partial charge in [-0.05, 0) is 48.4 Å². The standard InChI is InChI=1S/C19H15NO4S2/c1-2-24-15-8-6-12(7-9-15)10-16-17(21)20(19(25)26-16)14-5-3-4-13(11-14)18(22)23/h3-11H,2H2,1H3,(H,22,23)/p-1/b16-10-. The van der Waals surface area contributed by atoms with Gasteiger partial charge >= 0.3 is 0 Å². The van der Waals surface area contributed by atoms with E-state index in [1.807, 2.05) is 31.2 Å². The van der Waals surface area contributed by atoms with Crippen molar-refractivity contribution in [3.63, 3.8) is 0 Å². The number of carboxylic acids is 1. The van der Waals surface area contributed by atoms with Crippen molar-refractivity contribution in [2.75, 3.05) is 11.5 Å². The molecule has 0 aromatic heterocycles. The summed E-state index contributed by atoms with van der Waals surface area (Å²) in [6, 6.07) is 13.3. The molecule has 1 aliphatic heterocycles. The number of thioether (sulfide) groups is 1. The van der Waals surface area contributed by atoms with Crippen LogP contribution in [0.1, 0.15) is 22.8 Å². The van der Waals surface area contributed by atoms with Gasteiger partial charge in [-0.1, -0.05) is 48.2 Å². The lowest BCUT2D eigenvalue weighted by atomic mass is 10.2. The minimum absolute atomic E-state index is 0.00737. The van der Waals surface area contributed by atoms with Crippen molar-refractivity contribution in [3.8, 4) is 5.75 Å². The second-order valence-electron chi connectivity index (χ2n) is 5.36. The molecule has 26 heavy (non-hydrogen) atoms. The highest BCUT2D eigenvalue weighted by Crippen LogP contribution is 2.36. The van der Waals surface area contributed by atoms with Crippen molar-refractivity contribution >= 4 is 51.9 Å². The quantitative estimate of drug-likeness (QED) is 0.583. The maximum Gasteiger partial charge on any atom is 0.270 e. The van der Waals surface area contributed by atoms with E-state index in [0.29, 0.717) is 21.5 Å². The summed E-state index contributed by atoms with van der Waals surface area (Å²) in [5.41, 5.74) is 1.24. The van der Waals surface area contributed by atoms with Gasteiger partial charge in [0.1, 0.15) is 5.75 Å². The molecule has 7 heteroatoms. The van der Waals surface area contributed by atoms with Crippen LogP contribution in [0.5, 0.6) is 5.75 Å². The Balaban J connectivity index is 1.86. The van der Waals surface area contributed by atoms with Gasteiger partial charge in [-0.2, -0.15) is 0 Å². The van der Waals surface area contributed by atoms with Crippen molar-refractivity contribution in [3.05, 3.63) is 64.6 Å². The maximum absolute atomic E-state index is 12.7. The summed E-state index contributed by atoms with van der Waals surface area (Å²) in [7, 11) is 0. The van der Waals surface area contributed by atoms with Crippen LogP contribution in [0.15, 0.2) is 53.4 Å². The summed E-state index contributed by atoms with van der Waals surface area (Å²) < 4.78 is 5.75. The Labute approximate surface area is 160 Å². The van der Waals surface area contributed by atoms with Gasteiger partial charge < -0.3 is 14.6 Å². The van der Waals surface area contributed by atoms with E-state index in [2.05, 4.69) is 0 Å². The number of hydrogen-bond donors (Lipinski definition) is 0. The Kier molecular flexibility index (Phi) is 5.39. The first-order valence-electron chi connectivity index (χ1n) is 7.82. The molecule has 1 amide bonds. The van der Waals surface area contributed by atoms with E-state index in [1.54, 1.807) is 18.2 Å². The molecule has 0 spiro atoms. The molecule has 0 N–H and O–H groups in total. The van der Waals surface area contributed by atoms with Crippen LogP contribution in [0.4, 0.5) is 5.69 Å². The van der Waals surface area contributed by atoms with E-state index in [4.69, 9.17) is 17.0 Å². The van der Waals surface area contributed by atoms with Gasteiger partial charge in [0, 0.05) is 0 Å². The van der Waals surface area contributed by atoms with Gasteiger partial charge in [-0.25, -0.2) is 0 Å². The number of ether oxygens (including phenoxy) is 1. The third kappa shape index (κ3) is 3.79. The predicted molar refractivity (Wildman–Crippen MR) is 104 cm³/mol. The van der Waals surface area contributed by atoms with E-state index in [0.717, 1.165) is 11.3 Å². The van der Waals surface area contributed by atoms with Crippen LogP contribution < -0.4 is 14.7 Å². The van der Waals surface area contributed by atoms with Crippen molar-refractivity contribution in [1.29, 1.82) is 0 Å². The second kappa shape index (κ2) is 7.72. The lowest BCUT2D eigenvalue weighted by Crippen LogP contribution is -2.28. The van der Waals surface area contributed by atoms with E-state index >= 15 is 0 Å². The molecule has 1 aliphatic rings. The number of anilines is 1. The molecule has 132 valence electrons. The molecular formula is C19H14NO4S2-. The monoisotopic (exact) mass is 384 g/mol. The lowest BCUT2D eigenvalue weighted by Gasteiger charge is -2.15. The molecule has 2 aromatic carbocycles. The van der Waals surface area contributed by atoms with Gasteiger partial charge in [0.05, 0.1) is 23.2 Å². The van der Waals surface area contributed by atoms with Gasteiger partial charge in [-0.3, -0.25) is 9.69 Å². The third-order valence-corrected chi connectivity index (χ3v) is 4.92. The summed E-state index contributed by atoms with van der Waals surface area (Å²) >= 11 is 6.48. The Bertz CT molecular complexity index is 906. The van der Waals surface area contributed by atoms with E-state index in [1.165, 1.54) is 28.8 Å². The number of nitrogens with zero attached hydrogens (tertiary/aromatic N) is 1. The maximum atomic E-state index is 12.7. The number of benzene rings is 2. The summed E-state index contributed by atoms with van der Waals surface area (Å²) in [5.74, 6) is -0.831. The van der Waals surface area contributed by atoms with E-state index in [9.17, 15) is 14.7 Å². The number of rotatable bonds is 5. The van der Waals surface area contributed by atoms with Gasteiger partial charge in [0.15, 0.2) is 4.32 Å². The van der Waals surface area contributed by atoms with Gasteiger partial charge in [-0.15, -0.1) is 0 Å². The van der Waals surface area contributed by atoms with Crippen molar-refractivity contribution in [1.82, 2.24) is 0 Å². The molecule has 1 saturated heterocycles. The first-order chi connectivity index (χ1) is 12.5. The van der Waals surface area contributed by atoms with Crippen LogP contribution in [-0.2, 0) is 4.79 Å². The highest BCUT2D eigenvalue weighted by atomic mass is 32.2. The fourth-order valence-electron chi connectivity index (χ4n) is 2.44. The number of aromatic carboxylic acids is 1. The molecule has 0 bridgehead atoms. The first-order valence-corrected chi connectivity index (χ1v) is 9.04. The number of carbonyl (C=O) groups is 2. The lowest BCUT2D eigenvalue weighted by molar-refractivity contribution is -0.255. The average Bonchev–Trinajstić information content (AvgIpc) is 2.90. The molecule has 0 unspecified atom stereocenters. The van der Waals surface area contributed by atoms with Crippen molar-refractivity contribution in [2.24, 2.45) is 0 Å². The van der Waals surface area contributed by atoms with Crippen molar-refractivity contribution < 1.29 is 19.4 Å². The molecule has 5 nitrogen and oxygen atoms in total. The SMILES string of the molecule is CCOc1ccc(/C=C2\SC(=S)N(c3cccc(C(=O)[O-])c3)C2=O)cc1. The summed E-state index contributed by atoms with van der Waals surface area (Å²) in [4.78, 5) is 25.6. The predicted octanol–water partition coefficient (Wildman–Crippen LogP) is 2.85. The van der Waals surface area contributed by atoms with Crippen LogP contribution >= 0.6 is 24.0 Å². The smallest absolute Gasteiger partial charge is 0.270 e. The Hall–Kier alpha value is -2.64. The highest BCUT2D eigenvalue weighted by Gasteiger charge is 2.33. The normalized spacial score (nSPS) is 15.6. The number of amides is 1. The fourth-order valence-corrected chi connectivity index (χ4v) is 3.74. The molecule has 2 aromatic rings. The summed E-state index contributed by atoms with van der Waals surface area (Å²) in [5, 5.41) is 11.0. The minimum Gasteiger partial charge on any atom is -0.545 e. The number of thiocarbonyl (C=S) groups is 1. The van der Waals surface area contributed by atoms with Crippen LogP contribution in [-0.4, -0.2) is 22.8 Å². The Morgan fingerprint density at radius 3 is 2.65 bits per heavy atom. The molecule has 1 fully saturated rings. The third-order valence-electron chi connectivity index (χ3n) is 3.62. The Morgan fingerprint density at radius 1 is 1.27 bits per heavy atom. The molecule has 3 rings (SSSR count). The molecule has 1 heterocycles. The summed E-state index contributed by atoms with van der Waals surface area (Å²) in [6.45, 7) is 2.50. The zero-order valence-corrected chi connectivity index (χ0v) is 15.4. The van der Waals surface area contributed by atoms with Crippen LogP contribution in [0.25, 0.3) is 6.08 Å². The molecule has 0 atom stereocenters. The zero-order chi connectivity index (χ0) is 18.7. The molecule has 0 radical (unpaired) electrons. The molecular weight excluding hydrogens is 370 g/mol. The summed E-state index contributed by atoms with van der Waals surface area (Å²) in [6.07, 6.45) is 1.75. The number of carbonyl (C=O) groups excluding carboxylic acids is 2. The largest absolute Gasteiger partial charge is 0.545 e. The molecule has 0 saturated carbocycles. The van der Waals surface area contributed by atoms with Gasteiger partial charge in [0.2, 0.25) is 0 Å². The van der Waals surface area contributed by atoms with E-state index in [-0.39, 0.29) is 11.5 Å². The zero-order valence-electron chi connectivity index (χ0n) is 13.8. The number of hydrogen-bond acceptors (Lipinski definition) is 6. The fraction of sp³-hybridized carbons (Fsp3) is 0.105. The van der Waals surface area contributed by atoms with Crippen LogP contribution in [0.3, 0.4) is 0 Å². The van der Waals surface area contributed by atoms with Crippen LogP contribution in [0.2, 0.25) is 0 Å². The first kappa shape index (κ1) is 18.2. The highest BCUT2D eigenvalue weighted by molar-refractivity contribution is 8.27. The molecule has 0 aliphatic carbocycles.